The fourth-order valence-electron chi connectivity index (χ4n) is 2.04. The summed E-state index contributed by atoms with van der Waals surface area (Å²) in [5.41, 5.74) is 7.81. The van der Waals surface area contributed by atoms with Crippen molar-refractivity contribution in [3.63, 3.8) is 0 Å². The van der Waals surface area contributed by atoms with Crippen LogP contribution < -0.4 is 11.1 Å². The van der Waals surface area contributed by atoms with E-state index in [1.54, 1.807) is 12.4 Å². The van der Waals surface area contributed by atoms with Gasteiger partial charge in [-0.2, -0.15) is 0 Å². The van der Waals surface area contributed by atoms with Gasteiger partial charge in [0.25, 0.3) is 0 Å². The Hall–Kier alpha value is -2.73. The predicted molar refractivity (Wildman–Crippen MR) is 90.9 cm³/mol. The van der Waals surface area contributed by atoms with Gasteiger partial charge in [0.2, 0.25) is 0 Å². The number of pyridine rings is 2. The minimum absolute atomic E-state index is 0.692. The number of hydrogen-bond acceptors (Lipinski definition) is 5. The number of carbonyl (C=O) groups is 1. The molecule has 23 heavy (non-hydrogen) atoms. The molecule has 0 spiro atoms. The minimum atomic E-state index is -0.989. The molecule has 120 valence electrons. The fourth-order valence-corrected chi connectivity index (χ4v) is 2.04. The summed E-state index contributed by atoms with van der Waals surface area (Å²) in [5, 5.41) is 11.9. The van der Waals surface area contributed by atoms with Gasteiger partial charge >= 0.3 is 5.97 Å². The number of nitrogens with zero attached hydrogens (tertiary/aromatic N) is 2. The lowest BCUT2D eigenvalue weighted by molar-refractivity contribution is -0.131. The van der Waals surface area contributed by atoms with E-state index in [4.69, 9.17) is 10.8 Å². The molecule has 6 heteroatoms. The third-order valence-corrected chi connectivity index (χ3v) is 3.16. The van der Waals surface area contributed by atoms with E-state index in [1.807, 2.05) is 24.3 Å². The molecule has 0 aliphatic heterocycles. The van der Waals surface area contributed by atoms with E-state index in [1.165, 1.54) is 6.08 Å². The quantitative estimate of drug-likeness (QED) is 0.511. The number of aliphatic carboxylic acids is 1. The summed E-state index contributed by atoms with van der Waals surface area (Å²) >= 11 is 0. The first-order valence-electron chi connectivity index (χ1n) is 7.46. The number of carboxylic acids is 1. The zero-order chi connectivity index (χ0) is 16.5. The summed E-state index contributed by atoms with van der Waals surface area (Å²) in [5.74, 6) is -0.191. The molecule has 2 rings (SSSR count). The standard InChI is InChI=1S/C17H20N4O2/c18-8-1-2-9-20-16-5-3-4-15(21-16)14-10-13(11-19-12-14)6-7-17(22)23/h3-7,10-12H,1-2,8-9,18H2,(H,20,21)(H,22,23). The Balaban J connectivity index is 2.12. The molecule has 0 atom stereocenters. The molecule has 0 amide bonds. The average molecular weight is 312 g/mol. The number of aromatic nitrogens is 2. The maximum absolute atomic E-state index is 10.6. The molecule has 0 saturated heterocycles. The van der Waals surface area contributed by atoms with Gasteiger partial charge in [0.05, 0.1) is 5.69 Å². The van der Waals surface area contributed by atoms with Gasteiger partial charge in [0, 0.05) is 30.6 Å². The molecule has 0 fully saturated rings. The molecule has 0 saturated carbocycles. The minimum Gasteiger partial charge on any atom is -0.478 e. The van der Waals surface area contributed by atoms with Crippen LogP contribution in [0.4, 0.5) is 5.82 Å². The van der Waals surface area contributed by atoms with Gasteiger partial charge in [-0.3, -0.25) is 4.98 Å². The van der Waals surface area contributed by atoms with Crippen LogP contribution in [-0.4, -0.2) is 34.1 Å². The molecule has 0 aromatic carbocycles. The molecule has 2 heterocycles. The summed E-state index contributed by atoms with van der Waals surface area (Å²) in [6.45, 7) is 1.52. The van der Waals surface area contributed by atoms with Crippen molar-refractivity contribution < 1.29 is 9.90 Å². The Morgan fingerprint density at radius 3 is 2.96 bits per heavy atom. The summed E-state index contributed by atoms with van der Waals surface area (Å²) in [6.07, 6.45) is 7.89. The molecule has 0 radical (unpaired) electrons. The van der Waals surface area contributed by atoms with E-state index in [9.17, 15) is 4.79 Å². The first-order chi connectivity index (χ1) is 11.2. The van der Waals surface area contributed by atoms with Crippen LogP contribution in [0.1, 0.15) is 18.4 Å². The van der Waals surface area contributed by atoms with E-state index >= 15 is 0 Å². The number of rotatable bonds is 8. The van der Waals surface area contributed by atoms with Crippen LogP contribution in [0.15, 0.2) is 42.7 Å². The molecule has 0 unspecified atom stereocenters. The third kappa shape index (κ3) is 5.52. The number of nitrogens with one attached hydrogen (secondary N) is 1. The third-order valence-electron chi connectivity index (χ3n) is 3.16. The van der Waals surface area contributed by atoms with E-state index < -0.39 is 5.97 Å². The number of hydrogen-bond donors (Lipinski definition) is 3. The largest absolute Gasteiger partial charge is 0.478 e. The lowest BCUT2D eigenvalue weighted by Crippen LogP contribution is -2.06. The number of unbranched alkanes of at least 4 members (excludes halogenated alkanes) is 1. The summed E-state index contributed by atoms with van der Waals surface area (Å²) < 4.78 is 0. The lowest BCUT2D eigenvalue weighted by atomic mass is 10.1. The van der Waals surface area contributed by atoms with Crippen LogP contribution in [-0.2, 0) is 4.79 Å². The predicted octanol–water partition coefficient (Wildman–Crippen LogP) is 2.39. The normalized spacial score (nSPS) is 10.8. The maximum atomic E-state index is 10.6. The van der Waals surface area contributed by atoms with Crippen molar-refractivity contribution >= 4 is 17.9 Å². The lowest BCUT2D eigenvalue weighted by Gasteiger charge is -2.07. The Bertz CT molecular complexity index is 686. The summed E-state index contributed by atoms with van der Waals surface area (Å²) in [6, 6.07) is 7.58. The van der Waals surface area contributed by atoms with Crippen molar-refractivity contribution in [3.8, 4) is 11.3 Å². The highest BCUT2D eigenvalue weighted by Crippen LogP contribution is 2.19. The first kappa shape index (κ1) is 16.6. The molecule has 0 aliphatic carbocycles. The van der Waals surface area contributed by atoms with Gasteiger partial charge in [-0.1, -0.05) is 6.07 Å². The SMILES string of the molecule is NCCCCNc1cccc(-c2cncc(C=CC(=O)O)c2)n1. The zero-order valence-electron chi connectivity index (χ0n) is 12.8. The van der Waals surface area contributed by atoms with Crippen LogP contribution >= 0.6 is 0 Å². The highest BCUT2D eigenvalue weighted by molar-refractivity contribution is 5.85. The van der Waals surface area contributed by atoms with E-state index in [0.717, 1.165) is 42.5 Å². The molecule has 0 aliphatic rings. The van der Waals surface area contributed by atoms with Gasteiger partial charge in [0.1, 0.15) is 5.82 Å². The fraction of sp³-hybridized carbons (Fsp3) is 0.235. The van der Waals surface area contributed by atoms with Crippen molar-refractivity contribution in [1.29, 1.82) is 0 Å². The second kappa shape index (κ2) is 8.65. The topological polar surface area (TPSA) is 101 Å². The van der Waals surface area contributed by atoms with Crippen LogP contribution in [0.3, 0.4) is 0 Å². The van der Waals surface area contributed by atoms with Crippen molar-refractivity contribution in [3.05, 3.63) is 48.3 Å². The Labute approximate surface area is 135 Å². The Morgan fingerprint density at radius 2 is 2.17 bits per heavy atom. The van der Waals surface area contributed by atoms with Gasteiger partial charge in [0.15, 0.2) is 0 Å². The first-order valence-corrected chi connectivity index (χ1v) is 7.46. The Kier molecular flexibility index (Phi) is 6.26. The van der Waals surface area contributed by atoms with E-state index in [-0.39, 0.29) is 0 Å². The van der Waals surface area contributed by atoms with Gasteiger partial charge in [-0.15, -0.1) is 0 Å². The van der Waals surface area contributed by atoms with Crippen molar-refractivity contribution in [2.24, 2.45) is 5.73 Å². The molecule has 6 nitrogen and oxygen atoms in total. The van der Waals surface area contributed by atoms with Crippen LogP contribution in [0.5, 0.6) is 0 Å². The van der Waals surface area contributed by atoms with Crippen molar-refractivity contribution in [1.82, 2.24) is 9.97 Å². The van der Waals surface area contributed by atoms with Crippen LogP contribution in [0.2, 0.25) is 0 Å². The summed E-state index contributed by atoms with van der Waals surface area (Å²) in [4.78, 5) is 19.3. The average Bonchev–Trinajstić information content (AvgIpc) is 2.57. The number of nitrogens with two attached hydrogens (primary N) is 1. The molecule has 2 aromatic heterocycles. The van der Waals surface area contributed by atoms with Gasteiger partial charge in [-0.05, 0) is 49.2 Å². The molecule has 4 N–H and O–H groups in total. The Morgan fingerprint density at radius 1 is 1.30 bits per heavy atom. The van der Waals surface area contributed by atoms with Crippen LogP contribution in [0, 0.1) is 0 Å². The van der Waals surface area contributed by atoms with E-state index in [0.29, 0.717) is 12.1 Å². The number of carboxylic acid groups (broad SMARTS) is 1. The molecular weight excluding hydrogens is 292 g/mol. The summed E-state index contributed by atoms with van der Waals surface area (Å²) in [7, 11) is 0. The number of anilines is 1. The van der Waals surface area contributed by atoms with Crippen molar-refractivity contribution in [2.75, 3.05) is 18.4 Å². The molecule has 0 bridgehead atoms. The maximum Gasteiger partial charge on any atom is 0.328 e. The smallest absolute Gasteiger partial charge is 0.328 e. The van der Waals surface area contributed by atoms with E-state index in [2.05, 4.69) is 15.3 Å². The van der Waals surface area contributed by atoms with Crippen LogP contribution in [0.25, 0.3) is 17.3 Å². The second-order valence-electron chi connectivity index (χ2n) is 5.01. The van der Waals surface area contributed by atoms with Crippen molar-refractivity contribution in [2.45, 2.75) is 12.8 Å². The van der Waals surface area contributed by atoms with Gasteiger partial charge < -0.3 is 16.2 Å². The highest BCUT2D eigenvalue weighted by atomic mass is 16.4. The zero-order valence-corrected chi connectivity index (χ0v) is 12.8. The second-order valence-corrected chi connectivity index (χ2v) is 5.01. The van der Waals surface area contributed by atoms with Gasteiger partial charge in [-0.25, -0.2) is 9.78 Å². The molecular formula is C17H20N4O2. The monoisotopic (exact) mass is 312 g/mol. The molecule has 2 aromatic rings. The highest BCUT2D eigenvalue weighted by Gasteiger charge is 2.02.